The van der Waals surface area contributed by atoms with Gasteiger partial charge in [-0.1, -0.05) is 19.1 Å². The van der Waals surface area contributed by atoms with Gasteiger partial charge in [0.1, 0.15) is 0 Å². The van der Waals surface area contributed by atoms with Gasteiger partial charge >= 0.3 is 5.97 Å². The van der Waals surface area contributed by atoms with Crippen LogP contribution in [-0.4, -0.2) is 13.1 Å². The Kier molecular flexibility index (Phi) is 2.69. The molecule has 2 atom stereocenters. The summed E-state index contributed by atoms with van der Waals surface area (Å²) >= 11 is 0. The molecule has 0 aromatic rings. The summed E-state index contributed by atoms with van der Waals surface area (Å²) in [5.41, 5.74) is 0. The third kappa shape index (κ3) is 1.82. The van der Waals surface area contributed by atoms with E-state index in [1.165, 1.54) is 7.11 Å². The van der Waals surface area contributed by atoms with Crippen LogP contribution in [0.2, 0.25) is 0 Å². The molecule has 0 aliphatic heterocycles. The molecule has 0 saturated heterocycles. The molecule has 0 spiro atoms. The van der Waals surface area contributed by atoms with Gasteiger partial charge in [-0.3, -0.25) is 4.79 Å². The molecule has 0 aromatic carbocycles. The van der Waals surface area contributed by atoms with E-state index in [2.05, 4.69) is 23.8 Å². The van der Waals surface area contributed by atoms with E-state index < -0.39 is 0 Å². The number of hydrogen-bond acceptors (Lipinski definition) is 2. The van der Waals surface area contributed by atoms with E-state index in [1.807, 2.05) is 0 Å². The van der Waals surface area contributed by atoms with E-state index >= 15 is 0 Å². The number of rotatable bonds is 1. The minimum atomic E-state index is -0.0677. The zero-order chi connectivity index (χ0) is 8.27. The van der Waals surface area contributed by atoms with Gasteiger partial charge in [-0.2, -0.15) is 0 Å². The molecule has 1 rings (SSSR count). The fourth-order valence-electron chi connectivity index (χ4n) is 1.47. The highest BCUT2D eigenvalue weighted by Gasteiger charge is 2.25. The molecule has 62 valence electrons. The third-order valence-corrected chi connectivity index (χ3v) is 2.22. The third-order valence-electron chi connectivity index (χ3n) is 2.22. The molecule has 0 radical (unpaired) electrons. The topological polar surface area (TPSA) is 26.3 Å². The fraction of sp³-hybridized carbons (Fsp3) is 0.667. The van der Waals surface area contributed by atoms with Gasteiger partial charge < -0.3 is 4.74 Å². The molecule has 0 N–H and O–H groups in total. The van der Waals surface area contributed by atoms with Crippen molar-refractivity contribution in [2.24, 2.45) is 11.8 Å². The molecule has 2 nitrogen and oxygen atoms in total. The zero-order valence-corrected chi connectivity index (χ0v) is 7.04. The summed E-state index contributed by atoms with van der Waals surface area (Å²) in [5, 5.41) is 0. The van der Waals surface area contributed by atoms with Crippen LogP contribution in [0.3, 0.4) is 0 Å². The Morgan fingerprint density at radius 3 is 2.91 bits per heavy atom. The Morgan fingerprint density at radius 1 is 1.64 bits per heavy atom. The van der Waals surface area contributed by atoms with Crippen molar-refractivity contribution in [3.63, 3.8) is 0 Å². The van der Waals surface area contributed by atoms with Crippen LogP contribution in [0.4, 0.5) is 0 Å². The minimum Gasteiger partial charge on any atom is -0.469 e. The van der Waals surface area contributed by atoms with Crippen molar-refractivity contribution in [2.45, 2.75) is 19.8 Å². The molecule has 0 fully saturated rings. The summed E-state index contributed by atoms with van der Waals surface area (Å²) in [4.78, 5) is 11.1. The SMILES string of the molecule is COC(=O)[C@H]1CCC=CC1C. The average molecular weight is 154 g/mol. The van der Waals surface area contributed by atoms with E-state index in [-0.39, 0.29) is 11.9 Å². The largest absolute Gasteiger partial charge is 0.469 e. The summed E-state index contributed by atoms with van der Waals surface area (Å²) in [7, 11) is 1.45. The first-order valence-electron chi connectivity index (χ1n) is 4.00. The molecular weight excluding hydrogens is 140 g/mol. The number of methoxy groups -OCH3 is 1. The maximum atomic E-state index is 11.1. The first-order chi connectivity index (χ1) is 5.25. The van der Waals surface area contributed by atoms with Gasteiger partial charge in [0.15, 0.2) is 0 Å². The Labute approximate surface area is 67.2 Å². The number of esters is 1. The van der Waals surface area contributed by atoms with Crippen LogP contribution in [0.5, 0.6) is 0 Å². The molecule has 0 heterocycles. The highest BCUT2D eigenvalue weighted by molar-refractivity contribution is 5.73. The Bertz CT molecular complexity index is 172. The lowest BCUT2D eigenvalue weighted by Crippen LogP contribution is -2.23. The standard InChI is InChI=1S/C9H14O2/c1-7-5-3-4-6-8(7)9(10)11-2/h3,5,7-8H,4,6H2,1-2H3/t7?,8-/m0/s1. The van der Waals surface area contributed by atoms with Crippen molar-refractivity contribution in [2.75, 3.05) is 7.11 Å². The molecule has 1 unspecified atom stereocenters. The van der Waals surface area contributed by atoms with E-state index in [9.17, 15) is 4.79 Å². The Hall–Kier alpha value is -0.790. The molecule has 2 heteroatoms. The Morgan fingerprint density at radius 2 is 2.36 bits per heavy atom. The van der Waals surface area contributed by atoms with Crippen molar-refractivity contribution in [3.05, 3.63) is 12.2 Å². The molecule has 0 aromatic heterocycles. The summed E-state index contributed by atoms with van der Waals surface area (Å²) in [5.74, 6) is 0.364. The van der Waals surface area contributed by atoms with Gasteiger partial charge in [-0.15, -0.1) is 0 Å². The minimum absolute atomic E-state index is 0.0677. The number of allylic oxidation sites excluding steroid dienone is 2. The van der Waals surface area contributed by atoms with Gasteiger partial charge in [0.25, 0.3) is 0 Å². The number of hydrogen-bond donors (Lipinski definition) is 0. The molecule has 11 heavy (non-hydrogen) atoms. The molecule has 0 saturated carbocycles. The van der Waals surface area contributed by atoms with Gasteiger partial charge in [0.2, 0.25) is 0 Å². The maximum Gasteiger partial charge on any atom is 0.309 e. The highest BCUT2D eigenvalue weighted by atomic mass is 16.5. The molecule has 1 aliphatic rings. The van der Waals surface area contributed by atoms with Crippen molar-refractivity contribution in [1.29, 1.82) is 0 Å². The lowest BCUT2D eigenvalue weighted by molar-refractivity contribution is -0.147. The number of ether oxygens (including phenoxy) is 1. The maximum absolute atomic E-state index is 11.1. The van der Waals surface area contributed by atoms with Crippen molar-refractivity contribution in [3.8, 4) is 0 Å². The summed E-state index contributed by atoms with van der Waals surface area (Å²) in [6.45, 7) is 2.05. The van der Waals surface area contributed by atoms with Gasteiger partial charge in [0, 0.05) is 0 Å². The van der Waals surface area contributed by atoms with Crippen LogP contribution in [0.15, 0.2) is 12.2 Å². The van der Waals surface area contributed by atoms with Gasteiger partial charge in [0.05, 0.1) is 13.0 Å². The summed E-state index contributed by atoms with van der Waals surface area (Å²) < 4.78 is 4.69. The van der Waals surface area contributed by atoms with E-state index in [0.717, 1.165) is 12.8 Å². The highest BCUT2D eigenvalue weighted by Crippen LogP contribution is 2.24. The molecule has 0 bridgehead atoms. The number of carbonyl (C=O) groups excluding carboxylic acids is 1. The van der Waals surface area contributed by atoms with Crippen LogP contribution in [0.25, 0.3) is 0 Å². The molecule has 1 aliphatic carbocycles. The van der Waals surface area contributed by atoms with E-state index in [0.29, 0.717) is 5.92 Å². The smallest absolute Gasteiger partial charge is 0.309 e. The lowest BCUT2D eigenvalue weighted by atomic mass is 9.85. The van der Waals surface area contributed by atoms with Crippen molar-refractivity contribution < 1.29 is 9.53 Å². The molecular formula is C9H14O2. The first kappa shape index (κ1) is 8.31. The first-order valence-corrected chi connectivity index (χ1v) is 4.00. The predicted octanol–water partition coefficient (Wildman–Crippen LogP) is 1.76. The van der Waals surface area contributed by atoms with Gasteiger partial charge in [-0.05, 0) is 18.8 Å². The zero-order valence-electron chi connectivity index (χ0n) is 7.04. The van der Waals surface area contributed by atoms with Gasteiger partial charge in [-0.25, -0.2) is 0 Å². The lowest BCUT2D eigenvalue weighted by Gasteiger charge is -2.21. The Balaban J connectivity index is 2.57. The second-order valence-electron chi connectivity index (χ2n) is 2.99. The van der Waals surface area contributed by atoms with Crippen LogP contribution in [0, 0.1) is 11.8 Å². The van der Waals surface area contributed by atoms with E-state index in [4.69, 9.17) is 0 Å². The second kappa shape index (κ2) is 3.56. The fourth-order valence-corrected chi connectivity index (χ4v) is 1.47. The van der Waals surface area contributed by atoms with Crippen molar-refractivity contribution in [1.82, 2.24) is 0 Å². The summed E-state index contributed by atoms with van der Waals surface area (Å²) in [6, 6.07) is 0. The van der Waals surface area contributed by atoms with Crippen LogP contribution in [0.1, 0.15) is 19.8 Å². The summed E-state index contributed by atoms with van der Waals surface area (Å²) in [6.07, 6.45) is 6.16. The normalized spacial score (nSPS) is 30.0. The average Bonchev–Trinajstić information content (AvgIpc) is 2.04. The monoisotopic (exact) mass is 154 g/mol. The quantitative estimate of drug-likeness (QED) is 0.425. The van der Waals surface area contributed by atoms with Crippen LogP contribution >= 0.6 is 0 Å². The van der Waals surface area contributed by atoms with Crippen LogP contribution in [-0.2, 0) is 9.53 Å². The predicted molar refractivity (Wildman–Crippen MR) is 43.0 cm³/mol. The number of carbonyl (C=O) groups is 1. The van der Waals surface area contributed by atoms with E-state index in [1.54, 1.807) is 0 Å². The second-order valence-corrected chi connectivity index (χ2v) is 2.99. The molecule has 0 amide bonds. The van der Waals surface area contributed by atoms with Crippen molar-refractivity contribution >= 4 is 5.97 Å². The van der Waals surface area contributed by atoms with Crippen LogP contribution < -0.4 is 0 Å².